The first-order valence-electron chi connectivity index (χ1n) is 7.98. The number of carbonyl (C=O) groups excluding carboxylic acids is 1. The first kappa shape index (κ1) is 17.4. The zero-order chi connectivity index (χ0) is 17.1. The van der Waals surface area contributed by atoms with Crippen molar-refractivity contribution in [1.29, 1.82) is 0 Å². The van der Waals surface area contributed by atoms with Crippen LogP contribution in [0.5, 0.6) is 0 Å². The number of piperidine rings is 1. The highest BCUT2D eigenvalue weighted by atomic mass is 16.6. The predicted molar refractivity (Wildman–Crippen MR) is 90.0 cm³/mol. The molecule has 1 aliphatic heterocycles. The number of carbonyl (C=O) groups is 1. The molecule has 0 bridgehead atoms. The fourth-order valence-electron chi connectivity index (χ4n) is 2.41. The first-order valence-corrected chi connectivity index (χ1v) is 7.98. The van der Waals surface area contributed by atoms with Crippen LogP contribution in [0.4, 0.5) is 4.79 Å². The lowest BCUT2D eigenvalue weighted by molar-refractivity contribution is -0.00513. The molecule has 1 amide bonds. The molecule has 0 radical (unpaired) electrons. The molecule has 0 spiro atoms. The van der Waals surface area contributed by atoms with Gasteiger partial charge in [0.2, 0.25) is 0 Å². The SMILES string of the molecule is Cc1ccccc1C#CC1(O)CCN(C(=O)OC(C)(C)C)CC1. The van der Waals surface area contributed by atoms with Gasteiger partial charge < -0.3 is 14.7 Å². The fraction of sp³-hybridized carbons (Fsp3) is 0.526. The lowest BCUT2D eigenvalue weighted by atomic mass is 9.91. The minimum absolute atomic E-state index is 0.327. The standard InChI is InChI=1S/C19H25NO3/c1-15-7-5-6-8-16(15)9-10-19(22)11-13-20(14-12-19)17(21)23-18(2,3)4/h5-8,22H,11-14H2,1-4H3. The molecule has 1 aliphatic rings. The van der Waals surface area contributed by atoms with E-state index in [4.69, 9.17) is 4.74 Å². The lowest BCUT2D eigenvalue weighted by Gasteiger charge is -2.35. The van der Waals surface area contributed by atoms with E-state index < -0.39 is 11.2 Å². The van der Waals surface area contributed by atoms with Gasteiger partial charge in [0, 0.05) is 31.5 Å². The van der Waals surface area contributed by atoms with Crippen molar-refractivity contribution < 1.29 is 14.6 Å². The second-order valence-corrected chi connectivity index (χ2v) is 7.06. The summed E-state index contributed by atoms with van der Waals surface area (Å²) in [4.78, 5) is 13.7. The minimum atomic E-state index is -1.04. The van der Waals surface area contributed by atoms with Crippen molar-refractivity contribution in [3.8, 4) is 11.8 Å². The lowest BCUT2D eigenvalue weighted by Crippen LogP contribution is -2.47. The zero-order valence-electron chi connectivity index (χ0n) is 14.3. The number of aliphatic hydroxyl groups is 1. The molecule has 1 saturated heterocycles. The summed E-state index contributed by atoms with van der Waals surface area (Å²) in [6.45, 7) is 8.44. The molecule has 2 rings (SSSR count). The number of aryl methyl sites for hydroxylation is 1. The highest BCUT2D eigenvalue weighted by molar-refractivity contribution is 5.68. The van der Waals surface area contributed by atoms with E-state index in [0.29, 0.717) is 25.9 Å². The van der Waals surface area contributed by atoms with Crippen LogP contribution in [0.1, 0.15) is 44.7 Å². The fourth-order valence-corrected chi connectivity index (χ4v) is 2.41. The van der Waals surface area contributed by atoms with Gasteiger partial charge in [0.1, 0.15) is 11.2 Å². The van der Waals surface area contributed by atoms with E-state index in [2.05, 4.69) is 11.8 Å². The summed E-state index contributed by atoms with van der Waals surface area (Å²) in [5.74, 6) is 6.06. The molecule has 4 heteroatoms. The number of ether oxygens (including phenoxy) is 1. The Hall–Kier alpha value is -1.99. The molecule has 1 N–H and O–H groups in total. The summed E-state index contributed by atoms with van der Waals surface area (Å²) in [7, 11) is 0. The number of benzene rings is 1. The summed E-state index contributed by atoms with van der Waals surface area (Å²) in [6.07, 6.45) is 0.544. The Bertz CT molecular complexity index is 626. The summed E-state index contributed by atoms with van der Waals surface area (Å²) in [6, 6.07) is 7.85. The molecule has 0 atom stereocenters. The second-order valence-electron chi connectivity index (χ2n) is 7.06. The molecular weight excluding hydrogens is 290 g/mol. The molecular formula is C19H25NO3. The van der Waals surface area contributed by atoms with Gasteiger partial charge in [-0.2, -0.15) is 0 Å². The van der Waals surface area contributed by atoms with Gasteiger partial charge in [-0.3, -0.25) is 0 Å². The molecule has 23 heavy (non-hydrogen) atoms. The summed E-state index contributed by atoms with van der Waals surface area (Å²) < 4.78 is 5.36. The first-order chi connectivity index (χ1) is 10.7. The van der Waals surface area contributed by atoms with Crippen molar-refractivity contribution >= 4 is 6.09 Å². The number of hydrogen-bond donors (Lipinski definition) is 1. The van der Waals surface area contributed by atoms with Crippen molar-refractivity contribution in [2.45, 2.75) is 51.7 Å². The van der Waals surface area contributed by atoms with Crippen LogP contribution in [0.3, 0.4) is 0 Å². The van der Waals surface area contributed by atoms with E-state index in [1.807, 2.05) is 52.0 Å². The molecule has 0 aliphatic carbocycles. The third-order valence-electron chi connectivity index (χ3n) is 3.82. The van der Waals surface area contributed by atoms with Gasteiger partial charge in [-0.05, 0) is 39.3 Å². The Balaban J connectivity index is 1.98. The molecule has 0 unspecified atom stereocenters. The molecule has 1 fully saturated rings. The molecule has 1 aromatic rings. The second kappa shape index (κ2) is 6.64. The van der Waals surface area contributed by atoms with E-state index in [1.165, 1.54) is 0 Å². The maximum absolute atomic E-state index is 12.0. The van der Waals surface area contributed by atoms with E-state index in [9.17, 15) is 9.90 Å². The Morgan fingerprint density at radius 3 is 2.43 bits per heavy atom. The topological polar surface area (TPSA) is 49.8 Å². The van der Waals surface area contributed by atoms with Crippen LogP contribution in [-0.2, 0) is 4.74 Å². The predicted octanol–water partition coefficient (Wildman–Crippen LogP) is 3.11. The van der Waals surface area contributed by atoms with E-state index in [-0.39, 0.29) is 6.09 Å². The normalized spacial score (nSPS) is 17.2. The summed E-state index contributed by atoms with van der Waals surface area (Å²) in [5.41, 5.74) is 0.473. The molecule has 1 aromatic carbocycles. The number of amides is 1. The van der Waals surface area contributed by atoms with Gasteiger partial charge in [-0.15, -0.1) is 0 Å². The maximum atomic E-state index is 12.0. The van der Waals surface area contributed by atoms with E-state index in [0.717, 1.165) is 11.1 Å². The van der Waals surface area contributed by atoms with Crippen LogP contribution < -0.4 is 0 Å². The zero-order valence-corrected chi connectivity index (χ0v) is 14.3. The Morgan fingerprint density at radius 2 is 1.87 bits per heavy atom. The molecule has 4 nitrogen and oxygen atoms in total. The molecule has 124 valence electrons. The van der Waals surface area contributed by atoms with Gasteiger partial charge in [-0.1, -0.05) is 30.0 Å². The Kier molecular flexibility index (Phi) is 5.01. The number of rotatable bonds is 0. The van der Waals surface area contributed by atoms with Crippen molar-refractivity contribution in [1.82, 2.24) is 4.90 Å². The third kappa shape index (κ3) is 5.01. The number of likely N-dealkylation sites (tertiary alicyclic amines) is 1. The van der Waals surface area contributed by atoms with Crippen LogP contribution in [-0.4, -0.2) is 40.4 Å². The van der Waals surface area contributed by atoms with Crippen LogP contribution in [0, 0.1) is 18.8 Å². The van der Waals surface area contributed by atoms with Gasteiger partial charge in [0.15, 0.2) is 0 Å². The van der Waals surface area contributed by atoms with Crippen LogP contribution in [0.2, 0.25) is 0 Å². The van der Waals surface area contributed by atoms with Crippen molar-refractivity contribution in [3.05, 3.63) is 35.4 Å². The highest BCUT2D eigenvalue weighted by Crippen LogP contribution is 2.23. The van der Waals surface area contributed by atoms with Gasteiger partial charge >= 0.3 is 6.09 Å². The minimum Gasteiger partial charge on any atom is -0.444 e. The highest BCUT2D eigenvalue weighted by Gasteiger charge is 2.34. The van der Waals surface area contributed by atoms with Crippen LogP contribution >= 0.6 is 0 Å². The average Bonchev–Trinajstić information content (AvgIpc) is 2.45. The Morgan fingerprint density at radius 1 is 1.26 bits per heavy atom. The Labute approximate surface area is 138 Å². The largest absolute Gasteiger partial charge is 0.444 e. The van der Waals surface area contributed by atoms with Gasteiger partial charge in [-0.25, -0.2) is 4.79 Å². The average molecular weight is 315 g/mol. The van der Waals surface area contributed by atoms with E-state index in [1.54, 1.807) is 4.90 Å². The molecule has 0 aromatic heterocycles. The van der Waals surface area contributed by atoms with Crippen molar-refractivity contribution in [2.75, 3.05) is 13.1 Å². The van der Waals surface area contributed by atoms with Gasteiger partial charge in [0.05, 0.1) is 0 Å². The third-order valence-corrected chi connectivity index (χ3v) is 3.82. The number of nitrogens with zero attached hydrogens (tertiary/aromatic N) is 1. The quantitative estimate of drug-likeness (QED) is 0.748. The molecule has 1 heterocycles. The summed E-state index contributed by atoms with van der Waals surface area (Å²) in [5, 5.41) is 10.6. The summed E-state index contributed by atoms with van der Waals surface area (Å²) >= 11 is 0. The monoisotopic (exact) mass is 315 g/mol. The van der Waals surface area contributed by atoms with Crippen molar-refractivity contribution in [2.24, 2.45) is 0 Å². The maximum Gasteiger partial charge on any atom is 0.410 e. The van der Waals surface area contributed by atoms with E-state index >= 15 is 0 Å². The molecule has 0 saturated carbocycles. The number of hydrogen-bond acceptors (Lipinski definition) is 3. The van der Waals surface area contributed by atoms with Gasteiger partial charge in [0.25, 0.3) is 0 Å². The smallest absolute Gasteiger partial charge is 0.410 e. The van der Waals surface area contributed by atoms with Crippen molar-refractivity contribution in [3.63, 3.8) is 0 Å². The van der Waals surface area contributed by atoms with Crippen LogP contribution in [0.25, 0.3) is 0 Å². The van der Waals surface area contributed by atoms with Crippen LogP contribution in [0.15, 0.2) is 24.3 Å².